The fourth-order valence-corrected chi connectivity index (χ4v) is 5.98. The van der Waals surface area contributed by atoms with Crippen LogP contribution in [-0.2, 0) is 11.3 Å². The molecule has 2 fully saturated rings. The van der Waals surface area contributed by atoms with Crippen molar-refractivity contribution in [1.29, 1.82) is 0 Å². The molecule has 1 N–H and O–H groups in total. The normalized spacial score (nSPS) is 20.0. The molecule has 1 aliphatic carbocycles. The summed E-state index contributed by atoms with van der Waals surface area (Å²) in [6.45, 7) is 7.23. The van der Waals surface area contributed by atoms with Gasteiger partial charge < -0.3 is 5.32 Å². The summed E-state index contributed by atoms with van der Waals surface area (Å²) in [7, 11) is 0. The summed E-state index contributed by atoms with van der Waals surface area (Å²) in [4.78, 5) is 21.3. The number of likely N-dealkylation sites (tertiary alicyclic amines) is 1. The summed E-state index contributed by atoms with van der Waals surface area (Å²) in [5, 5.41) is 4.26. The summed E-state index contributed by atoms with van der Waals surface area (Å²) < 4.78 is 0. The van der Waals surface area contributed by atoms with Crippen LogP contribution < -0.4 is 5.32 Å². The molecular formula is C26H29N3OS. The van der Waals surface area contributed by atoms with Crippen molar-refractivity contribution < 1.29 is 4.79 Å². The lowest BCUT2D eigenvalue weighted by Gasteiger charge is -2.32. The maximum absolute atomic E-state index is 12.8. The van der Waals surface area contributed by atoms with Crippen molar-refractivity contribution in [2.45, 2.75) is 39.7 Å². The molecule has 1 spiro atoms. The molecule has 3 aromatic rings. The number of hydrogen-bond acceptors (Lipinski definition) is 4. The Morgan fingerprint density at radius 1 is 1.13 bits per heavy atom. The molecule has 160 valence electrons. The first-order chi connectivity index (χ1) is 15.0. The van der Waals surface area contributed by atoms with Crippen molar-refractivity contribution in [1.82, 2.24) is 9.88 Å². The molecule has 5 heteroatoms. The highest BCUT2D eigenvalue weighted by Crippen LogP contribution is 2.59. The Bertz CT molecular complexity index is 1060. The van der Waals surface area contributed by atoms with E-state index in [1.165, 1.54) is 21.6 Å². The van der Waals surface area contributed by atoms with Gasteiger partial charge in [0.05, 0.1) is 0 Å². The molecule has 1 saturated carbocycles. The maximum Gasteiger partial charge on any atom is 0.228 e. The molecule has 2 heterocycles. The van der Waals surface area contributed by atoms with Gasteiger partial charge in [-0.25, -0.2) is 4.98 Å². The largest absolute Gasteiger partial charge is 0.326 e. The quantitative estimate of drug-likeness (QED) is 0.566. The van der Waals surface area contributed by atoms with Crippen LogP contribution in [0.3, 0.4) is 0 Å². The van der Waals surface area contributed by atoms with Crippen molar-refractivity contribution in [2.24, 2.45) is 11.3 Å². The number of nitrogens with zero attached hydrogens (tertiary/aromatic N) is 2. The Balaban J connectivity index is 1.14. The van der Waals surface area contributed by atoms with Gasteiger partial charge in [0, 0.05) is 34.8 Å². The third-order valence-corrected chi connectivity index (χ3v) is 7.83. The number of carbonyl (C=O) groups excluding carboxylic acids is 1. The minimum Gasteiger partial charge on any atom is -0.326 e. The summed E-state index contributed by atoms with van der Waals surface area (Å²) in [5.41, 5.74) is 4.72. The number of nitrogens with one attached hydrogen (secondary N) is 1. The molecule has 2 aromatic carbocycles. The van der Waals surface area contributed by atoms with E-state index in [-0.39, 0.29) is 17.2 Å². The first-order valence-corrected chi connectivity index (χ1v) is 11.9. The zero-order valence-electron chi connectivity index (χ0n) is 18.2. The molecular weight excluding hydrogens is 402 g/mol. The van der Waals surface area contributed by atoms with E-state index >= 15 is 0 Å². The van der Waals surface area contributed by atoms with Gasteiger partial charge in [-0.05, 0) is 74.9 Å². The van der Waals surface area contributed by atoms with Crippen LogP contribution in [0.25, 0.3) is 10.6 Å². The van der Waals surface area contributed by atoms with E-state index < -0.39 is 0 Å². The monoisotopic (exact) mass is 431 g/mol. The summed E-state index contributed by atoms with van der Waals surface area (Å²) in [6, 6.07) is 16.6. The molecule has 31 heavy (non-hydrogen) atoms. The molecule has 1 aliphatic heterocycles. The van der Waals surface area contributed by atoms with Crippen LogP contribution in [0.4, 0.5) is 5.69 Å². The SMILES string of the molecule is Cc1cc(C)cc(NC(=O)C2CC23CCN(Cc2cnc(-c4ccccc4)s2)CC3)c1. The van der Waals surface area contributed by atoms with Gasteiger partial charge in [0.15, 0.2) is 0 Å². The summed E-state index contributed by atoms with van der Waals surface area (Å²) in [6.07, 6.45) is 5.29. The average Bonchev–Trinajstić information content (AvgIpc) is 3.25. The summed E-state index contributed by atoms with van der Waals surface area (Å²) >= 11 is 1.79. The predicted molar refractivity (Wildman–Crippen MR) is 127 cm³/mol. The van der Waals surface area contributed by atoms with Gasteiger partial charge in [-0.2, -0.15) is 0 Å². The molecule has 5 rings (SSSR count). The highest BCUT2D eigenvalue weighted by molar-refractivity contribution is 7.15. The Morgan fingerprint density at radius 2 is 1.84 bits per heavy atom. The van der Waals surface area contributed by atoms with Gasteiger partial charge in [-0.15, -0.1) is 11.3 Å². The molecule has 1 aromatic heterocycles. The second-order valence-electron chi connectivity index (χ2n) is 9.26. The van der Waals surface area contributed by atoms with E-state index in [0.29, 0.717) is 0 Å². The topological polar surface area (TPSA) is 45.2 Å². The van der Waals surface area contributed by atoms with Gasteiger partial charge in [-0.1, -0.05) is 36.4 Å². The van der Waals surface area contributed by atoms with Gasteiger partial charge in [-0.3, -0.25) is 9.69 Å². The maximum atomic E-state index is 12.8. The van der Waals surface area contributed by atoms with Crippen LogP contribution in [0.2, 0.25) is 0 Å². The molecule has 4 nitrogen and oxygen atoms in total. The Kier molecular flexibility index (Phi) is 5.40. The Hall–Kier alpha value is -2.50. The number of hydrogen-bond donors (Lipinski definition) is 1. The zero-order valence-corrected chi connectivity index (χ0v) is 19.0. The highest BCUT2D eigenvalue weighted by Gasteiger charge is 2.58. The predicted octanol–water partition coefficient (Wildman–Crippen LogP) is 5.67. The molecule has 1 saturated heterocycles. The minimum atomic E-state index is 0.170. The van der Waals surface area contributed by atoms with E-state index in [1.807, 2.05) is 12.3 Å². The van der Waals surface area contributed by atoms with Crippen LogP contribution >= 0.6 is 11.3 Å². The fraction of sp³-hybridized carbons (Fsp3) is 0.385. The Morgan fingerprint density at radius 3 is 2.55 bits per heavy atom. The van der Waals surface area contributed by atoms with Gasteiger partial charge in [0.1, 0.15) is 5.01 Å². The standard InChI is InChI=1S/C26H29N3OS/c1-18-12-19(2)14-21(13-18)28-24(30)23-15-26(23)8-10-29(11-9-26)17-22-16-27-25(31-22)20-6-4-3-5-7-20/h3-7,12-14,16,23H,8-11,15,17H2,1-2H3,(H,28,30). The third kappa shape index (κ3) is 4.43. The molecule has 1 unspecified atom stereocenters. The van der Waals surface area contributed by atoms with Gasteiger partial charge in [0.25, 0.3) is 0 Å². The Labute approximate surface area is 188 Å². The number of rotatable bonds is 5. The molecule has 2 aliphatic rings. The first kappa shape index (κ1) is 20.4. The number of anilines is 1. The van der Waals surface area contributed by atoms with Gasteiger partial charge in [0.2, 0.25) is 5.91 Å². The van der Waals surface area contributed by atoms with Crippen LogP contribution in [0.5, 0.6) is 0 Å². The second kappa shape index (κ2) is 8.21. The molecule has 0 radical (unpaired) electrons. The van der Waals surface area contributed by atoms with Gasteiger partial charge >= 0.3 is 0 Å². The number of aryl methyl sites for hydroxylation is 2. The lowest BCUT2D eigenvalue weighted by molar-refractivity contribution is -0.118. The van der Waals surface area contributed by atoms with Crippen molar-refractivity contribution in [3.05, 3.63) is 70.7 Å². The first-order valence-electron chi connectivity index (χ1n) is 11.1. The number of amides is 1. The van der Waals surface area contributed by atoms with E-state index in [9.17, 15) is 4.79 Å². The lowest BCUT2D eigenvalue weighted by Crippen LogP contribution is -2.35. The molecule has 1 atom stereocenters. The number of benzene rings is 2. The van der Waals surface area contributed by atoms with E-state index in [0.717, 1.165) is 49.6 Å². The zero-order chi connectivity index (χ0) is 21.4. The van der Waals surface area contributed by atoms with Crippen LogP contribution in [0, 0.1) is 25.2 Å². The lowest BCUT2D eigenvalue weighted by atomic mass is 9.90. The number of carbonyl (C=O) groups is 1. The van der Waals surface area contributed by atoms with Crippen molar-refractivity contribution >= 4 is 22.9 Å². The van der Waals surface area contributed by atoms with Crippen molar-refractivity contribution in [3.8, 4) is 10.6 Å². The summed E-state index contributed by atoms with van der Waals surface area (Å²) in [5.74, 6) is 0.372. The van der Waals surface area contributed by atoms with Crippen LogP contribution in [0.1, 0.15) is 35.3 Å². The number of thiazole rings is 1. The second-order valence-corrected chi connectivity index (χ2v) is 10.4. The van der Waals surface area contributed by atoms with Crippen molar-refractivity contribution in [2.75, 3.05) is 18.4 Å². The van der Waals surface area contributed by atoms with E-state index in [4.69, 9.17) is 0 Å². The minimum absolute atomic E-state index is 0.170. The third-order valence-electron chi connectivity index (χ3n) is 6.80. The van der Waals surface area contributed by atoms with Crippen molar-refractivity contribution in [3.63, 3.8) is 0 Å². The molecule has 0 bridgehead atoms. The fourth-order valence-electron chi connectivity index (χ4n) is 5.02. The van der Waals surface area contributed by atoms with Crippen LogP contribution in [-0.4, -0.2) is 28.9 Å². The highest BCUT2D eigenvalue weighted by atomic mass is 32.1. The number of piperidine rings is 1. The average molecular weight is 432 g/mol. The van der Waals surface area contributed by atoms with E-state index in [2.05, 4.69) is 71.5 Å². The molecule has 1 amide bonds. The van der Waals surface area contributed by atoms with E-state index in [1.54, 1.807) is 11.3 Å². The smallest absolute Gasteiger partial charge is 0.228 e. The number of aromatic nitrogens is 1. The van der Waals surface area contributed by atoms with Crippen LogP contribution in [0.15, 0.2) is 54.7 Å².